The van der Waals surface area contributed by atoms with Crippen molar-refractivity contribution in [3.63, 3.8) is 0 Å². The van der Waals surface area contributed by atoms with Gasteiger partial charge < -0.3 is 0 Å². The highest BCUT2D eigenvalue weighted by Gasteiger charge is 2.22. The maximum Gasteiger partial charge on any atom is 0.184 e. The molecular formula is C23H24N4O2S. The Morgan fingerprint density at radius 3 is 2.40 bits per heavy atom. The minimum absolute atomic E-state index is 0.0366. The molecule has 0 aliphatic heterocycles. The molecule has 4 rings (SSSR count). The van der Waals surface area contributed by atoms with E-state index in [1.54, 1.807) is 29.1 Å². The SMILES string of the molecule is Cc1cc(CS(=O)(=O)c2ccc(C(C)(C)C)cc2)n(-c2nncc3ccccc23)n1. The first-order valence-electron chi connectivity index (χ1n) is 9.75. The molecule has 2 aromatic heterocycles. The second-order valence-electron chi connectivity index (χ2n) is 8.48. The van der Waals surface area contributed by atoms with E-state index in [2.05, 4.69) is 36.1 Å². The second-order valence-corrected chi connectivity index (χ2v) is 10.5. The van der Waals surface area contributed by atoms with Gasteiger partial charge in [-0.15, -0.1) is 5.10 Å². The zero-order chi connectivity index (χ0) is 21.5. The molecule has 0 N–H and O–H groups in total. The van der Waals surface area contributed by atoms with Crippen LogP contribution in [0.4, 0.5) is 0 Å². The van der Waals surface area contributed by atoms with E-state index in [1.165, 1.54) is 0 Å². The number of hydrogen-bond acceptors (Lipinski definition) is 5. The topological polar surface area (TPSA) is 77.7 Å². The van der Waals surface area contributed by atoms with Crippen LogP contribution in [0.3, 0.4) is 0 Å². The molecule has 0 saturated heterocycles. The van der Waals surface area contributed by atoms with Gasteiger partial charge in [0.25, 0.3) is 0 Å². The van der Waals surface area contributed by atoms with Crippen molar-refractivity contribution in [2.45, 2.75) is 43.8 Å². The van der Waals surface area contributed by atoms with E-state index in [9.17, 15) is 8.42 Å². The number of nitrogens with zero attached hydrogens (tertiary/aromatic N) is 4. The van der Waals surface area contributed by atoms with E-state index in [-0.39, 0.29) is 11.2 Å². The lowest BCUT2D eigenvalue weighted by Crippen LogP contribution is -2.13. The number of fused-ring (bicyclic) bond motifs is 1. The Labute approximate surface area is 176 Å². The third-order valence-corrected chi connectivity index (χ3v) is 6.74. The molecule has 0 fully saturated rings. The zero-order valence-electron chi connectivity index (χ0n) is 17.5. The summed E-state index contributed by atoms with van der Waals surface area (Å²) in [6.07, 6.45) is 1.68. The Bertz CT molecular complexity index is 1310. The Hall–Kier alpha value is -3.06. The van der Waals surface area contributed by atoms with Gasteiger partial charge in [-0.3, -0.25) is 0 Å². The zero-order valence-corrected chi connectivity index (χ0v) is 18.3. The smallest absolute Gasteiger partial charge is 0.184 e. The molecule has 2 heterocycles. The second kappa shape index (κ2) is 7.32. The van der Waals surface area contributed by atoms with Crippen molar-refractivity contribution < 1.29 is 8.42 Å². The number of aromatic nitrogens is 4. The average molecular weight is 421 g/mol. The van der Waals surface area contributed by atoms with Gasteiger partial charge in [0.2, 0.25) is 0 Å². The molecule has 0 radical (unpaired) electrons. The summed E-state index contributed by atoms with van der Waals surface area (Å²) < 4.78 is 27.9. The van der Waals surface area contributed by atoms with Crippen molar-refractivity contribution in [2.75, 3.05) is 0 Å². The number of hydrogen-bond donors (Lipinski definition) is 0. The molecule has 0 aliphatic carbocycles. The van der Waals surface area contributed by atoms with E-state index in [0.29, 0.717) is 16.4 Å². The van der Waals surface area contributed by atoms with Gasteiger partial charge >= 0.3 is 0 Å². The quantitative estimate of drug-likeness (QED) is 0.489. The third-order valence-electron chi connectivity index (χ3n) is 5.07. The minimum Gasteiger partial charge on any atom is -0.223 e. The normalized spacial score (nSPS) is 12.4. The van der Waals surface area contributed by atoms with Gasteiger partial charge in [0.15, 0.2) is 15.7 Å². The van der Waals surface area contributed by atoms with E-state index < -0.39 is 9.84 Å². The molecule has 30 heavy (non-hydrogen) atoms. The van der Waals surface area contributed by atoms with Crippen LogP contribution in [0.15, 0.2) is 65.7 Å². The maximum absolute atomic E-state index is 13.1. The highest BCUT2D eigenvalue weighted by atomic mass is 32.2. The Morgan fingerprint density at radius 1 is 1.00 bits per heavy atom. The molecule has 154 valence electrons. The molecule has 0 saturated carbocycles. The molecule has 0 unspecified atom stereocenters. The monoisotopic (exact) mass is 420 g/mol. The van der Waals surface area contributed by atoms with E-state index in [1.807, 2.05) is 43.3 Å². The largest absolute Gasteiger partial charge is 0.223 e. The first kappa shape index (κ1) is 20.2. The van der Waals surface area contributed by atoms with Crippen LogP contribution in [0, 0.1) is 6.92 Å². The molecular weight excluding hydrogens is 396 g/mol. The first-order chi connectivity index (χ1) is 14.1. The first-order valence-corrected chi connectivity index (χ1v) is 11.4. The number of aryl methyl sites for hydroxylation is 1. The summed E-state index contributed by atoms with van der Waals surface area (Å²) in [7, 11) is -3.56. The molecule has 2 aromatic carbocycles. The van der Waals surface area contributed by atoms with Crippen LogP contribution in [0.25, 0.3) is 16.6 Å². The summed E-state index contributed by atoms with van der Waals surface area (Å²) in [4.78, 5) is 0.296. The van der Waals surface area contributed by atoms with Crippen LogP contribution in [0.2, 0.25) is 0 Å². The third kappa shape index (κ3) is 3.85. The Kier molecular flexibility index (Phi) is 4.94. The van der Waals surface area contributed by atoms with Gasteiger partial charge in [-0.25, -0.2) is 13.1 Å². The summed E-state index contributed by atoms with van der Waals surface area (Å²) in [5, 5.41) is 14.6. The number of benzene rings is 2. The van der Waals surface area contributed by atoms with E-state index >= 15 is 0 Å². The van der Waals surface area contributed by atoms with Gasteiger partial charge in [0.1, 0.15) is 0 Å². The highest BCUT2D eigenvalue weighted by molar-refractivity contribution is 7.90. The van der Waals surface area contributed by atoms with E-state index in [0.717, 1.165) is 22.0 Å². The number of rotatable bonds is 4. The summed E-state index contributed by atoms with van der Waals surface area (Å²) in [6.45, 7) is 8.14. The van der Waals surface area contributed by atoms with Crippen LogP contribution >= 0.6 is 0 Å². The van der Waals surface area contributed by atoms with Gasteiger partial charge in [-0.2, -0.15) is 10.2 Å². The summed E-state index contributed by atoms with van der Waals surface area (Å²) in [5.41, 5.74) is 2.33. The Morgan fingerprint density at radius 2 is 1.70 bits per heavy atom. The minimum atomic E-state index is -3.56. The van der Waals surface area contributed by atoms with Crippen LogP contribution in [0.5, 0.6) is 0 Å². The fraction of sp³-hybridized carbons (Fsp3) is 0.261. The van der Waals surface area contributed by atoms with Crippen LogP contribution in [-0.2, 0) is 21.0 Å². The lowest BCUT2D eigenvalue weighted by molar-refractivity contribution is 0.585. The molecule has 0 aliphatic rings. The van der Waals surface area contributed by atoms with Crippen molar-refractivity contribution in [2.24, 2.45) is 0 Å². The van der Waals surface area contributed by atoms with Gasteiger partial charge in [-0.1, -0.05) is 57.2 Å². The van der Waals surface area contributed by atoms with E-state index in [4.69, 9.17) is 0 Å². The van der Waals surface area contributed by atoms with Crippen LogP contribution in [-0.4, -0.2) is 28.4 Å². The predicted octanol–water partition coefficient (Wildman–Crippen LogP) is 4.40. The van der Waals surface area contributed by atoms with Crippen LogP contribution in [0.1, 0.15) is 37.7 Å². The predicted molar refractivity (Wildman–Crippen MR) is 117 cm³/mol. The van der Waals surface area contributed by atoms with Crippen molar-refractivity contribution in [3.8, 4) is 5.82 Å². The van der Waals surface area contributed by atoms with Crippen molar-refractivity contribution in [1.82, 2.24) is 20.0 Å². The van der Waals surface area contributed by atoms with Crippen molar-refractivity contribution in [1.29, 1.82) is 0 Å². The lowest BCUT2D eigenvalue weighted by Gasteiger charge is -2.19. The fourth-order valence-corrected chi connectivity index (χ4v) is 4.76. The standard InChI is InChI=1S/C23H24N4O2S/c1-16-13-19(15-30(28,29)20-11-9-18(10-12-20)23(2,3)4)27(26-16)22-21-8-6-5-7-17(21)14-24-25-22/h5-14H,15H2,1-4H3. The van der Waals surface area contributed by atoms with Crippen molar-refractivity contribution in [3.05, 3.63) is 77.7 Å². The average Bonchev–Trinajstić information content (AvgIpc) is 3.06. The van der Waals surface area contributed by atoms with Gasteiger partial charge in [0.05, 0.1) is 28.2 Å². The van der Waals surface area contributed by atoms with Gasteiger partial charge in [0, 0.05) is 10.8 Å². The molecule has 7 heteroatoms. The highest BCUT2D eigenvalue weighted by Crippen LogP contribution is 2.26. The molecule has 0 amide bonds. The molecule has 0 bridgehead atoms. The molecule has 0 atom stereocenters. The summed E-state index contributed by atoms with van der Waals surface area (Å²) >= 11 is 0. The van der Waals surface area contributed by atoms with Crippen LogP contribution < -0.4 is 0 Å². The number of sulfone groups is 1. The molecule has 6 nitrogen and oxygen atoms in total. The molecule has 0 spiro atoms. The summed E-state index contributed by atoms with van der Waals surface area (Å²) in [6, 6.07) is 16.6. The molecule has 4 aromatic rings. The Balaban J connectivity index is 1.74. The maximum atomic E-state index is 13.1. The lowest BCUT2D eigenvalue weighted by atomic mass is 9.87. The summed E-state index contributed by atoms with van der Waals surface area (Å²) in [5.74, 6) is 0.350. The fourth-order valence-electron chi connectivity index (χ4n) is 3.45. The van der Waals surface area contributed by atoms with Crippen molar-refractivity contribution >= 4 is 20.6 Å². The van der Waals surface area contributed by atoms with Gasteiger partial charge in [-0.05, 0) is 36.1 Å².